The van der Waals surface area contributed by atoms with Crippen LogP contribution in [-0.2, 0) is 11.2 Å². The molecule has 7 heteroatoms. The molecule has 0 aliphatic carbocycles. The van der Waals surface area contributed by atoms with Crippen LogP contribution in [0.1, 0.15) is 5.56 Å². The summed E-state index contributed by atoms with van der Waals surface area (Å²) >= 11 is 1.68. The maximum absolute atomic E-state index is 11.1. The molecule has 0 amide bonds. The second-order valence-corrected chi connectivity index (χ2v) is 6.61. The van der Waals surface area contributed by atoms with Crippen molar-refractivity contribution in [1.29, 1.82) is 0 Å². The summed E-state index contributed by atoms with van der Waals surface area (Å²) < 4.78 is 5.37. The number of likely N-dealkylation sites (N-methyl/N-ethyl adjacent to an activating group) is 1. The van der Waals surface area contributed by atoms with Crippen LogP contribution in [0.5, 0.6) is 0 Å². The Morgan fingerprint density at radius 3 is 2.38 bits per heavy atom. The number of carbonyl (C=O) groups is 1. The summed E-state index contributed by atoms with van der Waals surface area (Å²) in [6.45, 7) is 0. The molecule has 0 bridgehead atoms. The van der Waals surface area contributed by atoms with Crippen molar-refractivity contribution < 1.29 is 14.4 Å². The number of carboxylic acids is 1. The van der Waals surface area contributed by atoms with Crippen LogP contribution in [0.3, 0.4) is 0 Å². The lowest BCUT2D eigenvalue weighted by Gasteiger charge is -2.10. The number of hydrogen-bond acceptors (Lipinski definition) is 6. The molecule has 0 aliphatic heterocycles. The Hall–Kier alpha value is -2.64. The van der Waals surface area contributed by atoms with Gasteiger partial charge in [-0.3, -0.25) is 4.79 Å². The molecular formula is C19H19N3O3S. The zero-order valence-corrected chi connectivity index (χ0v) is 15.3. The molecule has 2 N–H and O–H groups in total. The van der Waals surface area contributed by atoms with E-state index in [1.807, 2.05) is 54.8 Å². The zero-order chi connectivity index (χ0) is 18.5. The van der Waals surface area contributed by atoms with Crippen LogP contribution in [-0.4, -0.2) is 40.6 Å². The van der Waals surface area contributed by atoms with E-state index in [0.717, 1.165) is 16.7 Å². The van der Waals surface area contributed by atoms with E-state index in [2.05, 4.69) is 15.5 Å². The minimum absolute atomic E-state index is 0.408. The minimum Gasteiger partial charge on any atom is -0.480 e. The molecule has 1 heterocycles. The molecule has 3 rings (SSSR count). The van der Waals surface area contributed by atoms with Gasteiger partial charge in [-0.1, -0.05) is 29.4 Å². The first kappa shape index (κ1) is 18.2. The van der Waals surface area contributed by atoms with Gasteiger partial charge in [0.2, 0.25) is 5.82 Å². The smallest absolute Gasteiger partial charge is 0.321 e. The zero-order valence-electron chi connectivity index (χ0n) is 14.5. The van der Waals surface area contributed by atoms with E-state index in [-0.39, 0.29) is 0 Å². The third-order valence-corrected chi connectivity index (χ3v) is 4.81. The van der Waals surface area contributed by atoms with Crippen LogP contribution in [0, 0.1) is 0 Å². The van der Waals surface area contributed by atoms with Crippen LogP contribution in [0.2, 0.25) is 0 Å². The van der Waals surface area contributed by atoms with E-state index in [1.165, 1.54) is 4.90 Å². The van der Waals surface area contributed by atoms with Crippen molar-refractivity contribution >= 4 is 17.7 Å². The Labute approximate surface area is 155 Å². The molecule has 1 atom stereocenters. The van der Waals surface area contributed by atoms with Gasteiger partial charge in [0.05, 0.1) is 0 Å². The topological polar surface area (TPSA) is 88.3 Å². The standard InChI is InChI=1S/C19H19N3O3S/c1-20-16(19(23)24)11-12-3-5-13(6-4-12)17-21-18(25-22-17)14-7-9-15(26-2)10-8-14/h3-10,16,20H,11H2,1-2H3,(H,23,24). The maximum atomic E-state index is 11.1. The summed E-state index contributed by atoms with van der Waals surface area (Å²) in [5.74, 6) is 0.105. The molecule has 0 saturated carbocycles. The second kappa shape index (κ2) is 8.16. The predicted octanol–water partition coefficient (Wildman–Crippen LogP) is 3.34. The van der Waals surface area contributed by atoms with Crippen molar-refractivity contribution in [1.82, 2.24) is 15.5 Å². The molecule has 1 unspecified atom stereocenters. The molecule has 2 aromatic carbocycles. The highest BCUT2D eigenvalue weighted by molar-refractivity contribution is 7.98. The molecule has 1 aromatic heterocycles. The Bertz CT molecular complexity index is 876. The summed E-state index contributed by atoms with van der Waals surface area (Å²) in [5, 5.41) is 15.9. The predicted molar refractivity (Wildman–Crippen MR) is 101 cm³/mol. The Kier molecular flexibility index (Phi) is 5.70. The van der Waals surface area contributed by atoms with Crippen LogP contribution in [0.4, 0.5) is 0 Å². The van der Waals surface area contributed by atoms with E-state index in [0.29, 0.717) is 18.1 Å². The summed E-state index contributed by atoms with van der Waals surface area (Å²) in [5.41, 5.74) is 2.61. The molecular weight excluding hydrogens is 350 g/mol. The van der Waals surface area contributed by atoms with Gasteiger partial charge in [0, 0.05) is 16.0 Å². The van der Waals surface area contributed by atoms with Crippen LogP contribution in [0.25, 0.3) is 22.8 Å². The number of nitrogens with zero attached hydrogens (tertiary/aromatic N) is 2. The highest BCUT2D eigenvalue weighted by Gasteiger charge is 2.16. The van der Waals surface area contributed by atoms with Crippen molar-refractivity contribution in [2.45, 2.75) is 17.4 Å². The van der Waals surface area contributed by atoms with Gasteiger partial charge < -0.3 is 14.9 Å². The highest BCUT2D eigenvalue weighted by Crippen LogP contribution is 2.24. The molecule has 3 aromatic rings. The average molecular weight is 369 g/mol. The van der Waals surface area contributed by atoms with Crippen molar-refractivity contribution in [3.05, 3.63) is 54.1 Å². The number of aromatic nitrogens is 2. The number of thioether (sulfide) groups is 1. The quantitative estimate of drug-likeness (QED) is 0.618. The van der Waals surface area contributed by atoms with E-state index >= 15 is 0 Å². The third-order valence-electron chi connectivity index (χ3n) is 4.06. The SMILES string of the molecule is CNC(Cc1ccc(-c2noc(-c3ccc(SC)cc3)n2)cc1)C(=O)O. The van der Waals surface area contributed by atoms with Gasteiger partial charge >= 0.3 is 5.97 Å². The number of rotatable bonds is 7. The van der Waals surface area contributed by atoms with Gasteiger partial charge in [-0.2, -0.15) is 4.98 Å². The Morgan fingerprint density at radius 2 is 1.81 bits per heavy atom. The van der Waals surface area contributed by atoms with E-state index in [4.69, 9.17) is 9.63 Å². The summed E-state index contributed by atoms with van der Waals surface area (Å²) in [6.07, 6.45) is 2.43. The average Bonchev–Trinajstić information content (AvgIpc) is 3.16. The second-order valence-electron chi connectivity index (χ2n) is 5.73. The van der Waals surface area contributed by atoms with Crippen molar-refractivity contribution in [2.75, 3.05) is 13.3 Å². The molecule has 6 nitrogen and oxygen atoms in total. The van der Waals surface area contributed by atoms with Crippen LogP contribution >= 0.6 is 11.8 Å². The van der Waals surface area contributed by atoms with E-state index in [1.54, 1.807) is 18.8 Å². The van der Waals surface area contributed by atoms with Gasteiger partial charge in [0.15, 0.2) is 0 Å². The van der Waals surface area contributed by atoms with E-state index < -0.39 is 12.0 Å². The van der Waals surface area contributed by atoms with E-state index in [9.17, 15) is 4.79 Å². The van der Waals surface area contributed by atoms with Gasteiger partial charge in [-0.25, -0.2) is 0 Å². The number of aliphatic carboxylic acids is 1. The maximum Gasteiger partial charge on any atom is 0.321 e. The highest BCUT2D eigenvalue weighted by atomic mass is 32.2. The van der Waals surface area contributed by atoms with Gasteiger partial charge in [0.1, 0.15) is 6.04 Å². The normalized spacial score (nSPS) is 12.1. The Balaban J connectivity index is 1.75. The lowest BCUT2D eigenvalue weighted by Crippen LogP contribution is -2.35. The fourth-order valence-corrected chi connectivity index (χ4v) is 2.94. The first-order valence-electron chi connectivity index (χ1n) is 8.08. The number of nitrogens with one attached hydrogen (secondary N) is 1. The van der Waals surface area contributed by atoms with Crippen LogP contribution in [0.15, 0.2) is 57.9 Å². The molecule has 0 aliphatic rings. The summed E-state index contributed by atoms with van der Waals surface area (Å²) in [4.78, 5) is 16.7. The first-order chi connectivity index (χ1) is 12.6. The largest absolute Gasteiger partial charge is 0.480 e. The lowest BCUT2D eigenvalue weighted by molar-refractivity contribution is -0.139. The number of benzene rings is 2. The number of carboxylic acid groups (broad SMARTS) is 1. The molecule has 0 radical (unpaired) electrons. The molecule has 0 spiro atoms. The lowest BCUT2D eigenvalue weighted by atomic mass is 10.0. The van der Waals surface area contributed by atoms with Crippen molar-refractivity contribution in [2.24, 2.45) is 0 Å². The monoisotopic (exact) mass is 369 g/mol. The van der Waals surface area contributed by atoms with Crippen molar-refractivity contribution in [3.8, 4) is 22.8 Å². The number of hydrogen-bond donors (Lipinski definition) is 2. The van der Waals surface area contributed by atoms with Gasteiger partial charge in [-0.15, -0.1) is 11.8 Å². The van der Waals surface area contributed by atoms with Crippen LogP contribution < -0.4 is 5.32 Å². The fourth-order valence-electron chi connectivity index (χ4n) is 2.53. The van der Waals surface area contributed by atoms with Crippen molar-refractivity contribution in [3.63, 3.8) is 0 Å². The molecule has 0 saturated heterocycles. The Morgan fingerprint density at radius 1 is 1.15 bits per heavy atom. The fraction of sp³-hybridized carbons (Fsp3) is 0.211. The third kappa shape index (κ3) is 4.12. The molecule has 0 fully saturated rings. The molecule has 134 valence electrons. The first-order valence-corrected chi connectivity index (χ1v) is 9.30. The molecule has 26 heavy (non-hydrogen) atoms. The van der Waals surface area contributed by atoms with Gasteiger partial charge in [-0.05, 0) is 49.6 Å². The summed E-state index contributed by atoms with van der Waals surface area (Å²) in [7, 11) is 1.64. The van der Waals surface area contributed by atoms with Gasteiger partial charge in [0.25, 0.3) is 5.89 Å². The summed E-state index contributed by atoms with van der Waals surface area (Å²) in [6, 6.07) is 14.8. The minimum atomic E-state index is -0.869.